The van der Waals surface area contributed by atoms with E-state index in [2.05, 4.69) is 5.32 Å². The molecule has 0 heterocycles. The highest BCUT2D eigenvalue weighted by Gasteiger charge is 2.26. The number of sulfonamides is 1. The molecule has 0 radical (unpaired) electrons. The number of benzene rings is 2. The lowest BCUT2D eigenvalue weighted by atomic mass is 10.1. The topological polar surface area (TPSA) is 86.8 Å². The minimum Gasteiger partial charge on any atom is -0.352 e. The smallest absolute Gasteiger partial charge is 0.242 e. The van der Waals surface area contributed by atoms with Gasteiger partial charge in [0.2, 0.25) is 21.8 Å². The molecule has 35 heavy (non-hydrogen) atoms. The number of hydrogen-bond acceptors (Lipinski definition) is 4. The maximum atomic E-state index is 13.3. The van der Waals surface area contributed by atoms with E-state index in [0.717, 1.165) is 16.7 Å². The summed E-state index contributed by atoms with van der Waals surface area (Å²) in [6, 6.07) is 14.8. The summed E-state index contributed by atoms with van der Waals surface area (Å²) in [4.78, 5) is 27.5. The largest absolute Gasteiger partial charge is 0.352 e. The third-order valence-corrected chi connectivity index (χ3v) is 6.92. The van der Waals surface area contributed by atoms with Crippen LogP contribution in [0.3, 0.4) is 0 Å². The first-order chi connectivity index (χ1) is 16.4. The number of carbonyl (C=O) groups is 2. The lowest BCUT2D eigenvalue weighted by Gasteiger charge is -2.30. The zero-order valence-electron chi connectivity index (χ0n) is 21.7. The Hall–Kier alpha value is -2.87. The molecule has 192 valence electrons. The average molecular weight is 502 g/mol. The second-order valence-electron chi connectivity index (χ2n) is 9.45. The van der Waals surface area contributed by atoms with Crippen LogP contribution in [-0.4, -0.2) is 56.6 Å². The van der Waals surface area contributed by atoms with Crippen molar-refractivity contribution < 1.29 is 18.0 Å². The fourth-order valence-corrected chi connectivity index (χ4v) is 5.02. The first kappa shape index (κ1) is 28.4. The number of nitrogens with one attached hydrogen (secondary N) is 1. The highest BCUT2D eigenvalue weighted by Crippen LogP contribution is 2.22. The average Bonchev–Trinajstić information content (AvgIpc) is 2.75. The number of carbonyl (C=O) groups excluding carboxylic acids is 2. The van der Waals surface area contributed by atoms with Gasteiger partial charge in [0, 0.05) is 25.6 Å². The van der Waals surface area contributed by atoms with E-state index in [1.807, 2.05) is 76.2 Å². The molecule has 2 rings (SSSR count). The van der Waals surface area contributed by atoms with Crippen molar-refractivity contribution in [3.63, 3.8) is 0 Å². The van der Waals surface area contributed by atoms with E-state index in [9.17, 15) is 18.0 Å². The summed E-state index contributed by atoms with van der Waals surface area (Å²) in [5.74, 6) is -0.365. The highest BCUT2D eigenvalue weighted by atomic mass is 32.2. The van der Waals surface area contributed by atoms with Crippen LogP contribution in [0.25, 0.3) is 0 Å². The predicted molar refractivity (Wildman–Crippen MR) is 142 cm³/mol. The molecule has 0 aromatic heterocycles. The summed E-state index contributed by atoms with van der Waals surface area (Å²) >= 11 is 0. The molecule has 2 amide bonds. The summed E-state index contributed by atoms with van der Waals surface area (Å²) in [5, 5.41) is 2.88. The molecule has 0 aliphatic heterocycles. The van der Waals surface area contributed by atoms with Crippen LogP contribution in [0, 0.1) is 13.8 Å². The van der Waals surface area contributed by atoms with E-state index in [1.54, 1.807) is 11.8 Å². The van der Waals surface area contributed by atoms with Gasteiger partial charge in [-0.15, -0.1) is 0 Å². The number of hydrogen-bond donors (Lipinski definition) is 1. The normalized spacial score (nSPS) is 12.3. The Labute approximate surface area is 210 Å². The van der Waals surface area contributed by atoms with Gasteiger partial charge in [-0.2, -0.15) is 0 Å². The third-order valence-electron chi connectivity index (χ3n) is 5.73. The summed E-state index contributed by atoms with van der Waals surface area (Å²) in [7, 11) is -3.51. The van der Waals surface area contributed by atoms with Crippen LogP contribution in [0.5, 0.6) is 0 Å². The summed E-state index contributed by atoms with van der Waals surface area (Å²) < 4.78 is 26.4. The molecule has 8 heteroatoms. The maximum absolute atomic E-state index is 13.3. The van der Waals surface area contributed by atoms with Crippen molar-refractivity contribution in [1.82, 2.24) is 10.2 Å². The van der Waals surface area contributed by atoms with Crippen LogP contribution in [0.1, 0.15) is 50.3 Å². The van der Waals surface area contributed by atoms with Gasteiger partial charge in [-0.3, -0.25) is 13.9 Å². The van der Waals surface area contributed by atoms with Gasteiger partial charge in [0.25, 0.3) is 0 Å². The van der Waals surface area contributed by atoms with Crippen molar-refractivity contribution in [3.8, 4) is 0 Å². The van der Waals surface area contributed by atoms with E-state index in [1.165, 1.54) is 10.6 Å². The van der Waals surface area contributed by atoms with Gasteiger partial charge >= 0.3 is 0 Å². The lowest BCUT2D eigenvalue weighted by molar-refractivity contribution is -0.140. The van der Waals surface area contributed by atoms with Crippen molar-refractivity contribution in [2.24, 2.45) is 0 Å². The monoisotopic (exact) mass is 501 g/mol. The van der Waals surface area contributed by atoms with Crippen molar-refractivity contribution in [1.29, 1.82) is 0 Å². The molecule has 0 aliphatic rings. The molecule has 2 aromatic rings. The highest BCUT2D eigenvalue weighted by molar-refractivity contribution is 7.92. The quantitative estimate of drug-likeness (QED) is 0.479. The zero-order chi connectivity index (χ0) is 26.2. The number of amides is 2. The Balaban J connectivity index is 2.13. The number of nitrogens with zero attached hydrogens (tertiary/aromatic N) is 2. The Morgan fingerprint density at radius 1 is 0.943 bits per heavy atom. The molecule has 0 bridgehead atoms. The fraction of sp³-hybridized carbons (Fsp3) is 0.481. The van der Waals surface area contributed by atoms with Gasteiger partial charge in [-0.1, -0.05) is 36.4 Å². The zero-order valence-corrected chi connectivity index (χ0v) is 22.6. The molecular weight excluding hydrogens is 462 g/mol. The van der Waals surface area contributed by atoms with Gasteiger partial charge in [0.05, 0.1) is 11.9 Å². The summed E-state index contributed by atoms with van der Waals surface area (Å²) in [6.07, 6.45) is 2.30. The molecule has 2 aromatic carbocycles. The minimum absolute atomic E-state index is 0.0304. The Morgan fingerprint density at radius 2 is 1.54 bits per heavy atom. The second-order valence-corrected chi connectivity index (χ2v) is 11.4. The van der Waals surface area contributed by atoms with Crippen LogP contribution in [-0.2, 0) is 26.0 Å². The third kappa shape index (κ3) is 9.02. The Morgan fingerprint density at radius 3 is 2.09 bits per heavy atom. The number of rotatable bonds is 12. The Kier molecular flexibility index (Phi) is 10.3. The van der Waals surface area contributed by atoms with Crippen LogP contribution in [0.15, 0.2) is 48.5 Å². The molecule has 0 spiro atoms. The molecule has 0 aliphatic carbocycles. The molecule has 0 saturated carbocycles. The van der Waals surface area contributed by atoms with Gasteiger partial charge in [0.1, 0.15) is 6.04 Å². The van der Waals surface area contributed by atoms with E-state index in [4.69, 9.17) is 0 Å². The standard InChI is InChI=1S/C27H39N3O4S/c1-20(2)28-27(32)23(5)29(16-14-24-11-8-7-9-12-24)26(31)13-10-15-30(35(6,33)34)25-18-21(3)17-22(4)19-25/h7-9,11-12,17-20,23H,10,13-16H2,1-6H3,(H,28,32)/t23-/m0/s1. The van der Waals surface area contributed by atoms with Crippen LogP contribution in [0.4, 0.5) is 5.69 Å². The van der Waals surface area contributed by atoms with E-state index in [0.29, 0.717) is 25.1 Å². The fourth-order valence-electron chi connectivity index (χ4n) is 4.07. The van der Waals surface area contributed by atoms with Crippen LogP contribution >= 0.6 is 0 Å². The summed E-state index contributed by atoms with van der Waals surface area (Å²) in [6.45, 7) is 9.94. The van der Waals surface area contributed by atoms with Crippen molar-refractivity contribution in [2.45, 2.75) is 66.0 Å². The van der Waals surface area contributed by atoms with Crippen molar-refractivity contribution in [2.75, 3.05) is 23.7 Å². The molecule has 1 N–H and O–H groups in total. The lowest BCUT2D eigenvalue weighted by Crippen LogP contribution is -2.50. The van der Waals surface area contributed by atoms with E-state index >= 15 is 0 Å². The first-order valence-corrected chi connectivity index (χ1v) is 13.9. The van der Waals surface area contributed by atoms with Gasteiger partial charge < -0.3 is 10.2 Å². The SMILES string of the molecule is Cc1cc(C)cc(N(CCCC(=O)N(CCc2ccccc2)[C@@H](C)C(=O)NC(C)C)S(C)(=O)=O)c1. The molecule has 0 fully saturated rings. The predicted octanol–water partition coefficient (Wildman–Crippen LogP) is 3.83. The molecule has 1 atom stereocenters. The number of anilines is 1. The van der Waals surface area contributed by atoms with E-state index in [-0.39, 0.29) is 30.8 Å². The van der Waals surface area contributed by atoms with Crippen LogP contribution in [0.2, 0.25) is 0 Å². The van der Waals surface area contributed by atoms with Gasteiger partial charge in [-0.05, 0) is 76.3 Å². The maximum Gasteiger partial charge on any atom is 0.242 e. The van der Waals surface area contributed by atoms with Gasteiger partial charge in [0.15, 0.2) is 0 Å². The number of aryl methyl sites for hydroxylation is 2. The molecule has 0 unspecified atom stereocenters. The first-order valence-electron chi connectivity index (χ1n) is 12.1. The van der Waals surface area contributed by atoms with Crippen LogP contribution < -0.4 is 9.62 Å². The molecule has 7 nitrogen and oxygen atoms in total. The summed E-state index contributed by atoms with van der Waals surface area (Å²) in [5.41, 5.74) is 3.63. The Bertz CT molecular complexity index is 1080. The second kappa shape index (κ2) is 12.7. The molecular formula is C27H39N3O4S. The minimum atomic E-state index is -3.51. The van der Waals surface area contributed by atoms with Gasteiger partial charge in [-0.25, -0.2) is 8.42 Å². The van der Waals surface area contributed by atoms with Crippen molar-refractivity contribution in [3.05, 3.63) is 65.2 Å². The van der Waals surface area contributed by atoms with E-state index < -0.39 is 16.1 Å². The molecule has 0 saturated heterocycles. The van der Waals surface area contributed by atoms with Crippen molar-refractivity contribution >= 4 is 27.5 Å².